The van der Waals surface area contributed by atoms with Crippen LogP contribution in [0.2, 0.25) is 0 Å². The first kappa shape index (κ1) is 13.9. The molecule has 0 saturated heterocycles. The van der Waals surface area contributed by atoms with Gasteiger partial charge in [-0.25, -0.2) is 0 Å². The van der Waals surface area contributed by atoms with E-state index in [0.29, 0.717) is 25.9 Å². The van der Waals surface area contributed by atoms with Crippen molar-refractivity contribution in [3.8, 4) is 0 Å². The van der Waals surface area contributed by atoms with Gasteiger partial charge in [0.15, 0.2) is 0 Å². The molecule has 0 aromatic carbocycles. The van der Waals surface area contributed by atoms with Crippen LogP contribution < -0.4 is 11.1 Å². The van der Waals surface area contributed by atoms with Gasteiger partial charge in [-0.05, 0) is 25.8 Å². The van der Waals surface area contributed by atoms with Crippen molar-refractivity contribution in [3.05, 3.63) is 0 Å². The van der Waals surface area contributed by atoms with E-state index in [1.165, 1.54) is 0 Å². The molecule has 0 saturated carbocycles. The van der Waals surface area contributed by atoms with Gasteiger partial charge in [0.05, 0.1) is 0 Å². The summed E-state index contributed by atoms with van der Waals surface area (Å²) < 4.78 is 0. The van der Waals surface area contributed by atoms with Crippen molar-refractivity contribution in [2.45, 2.75) is 38.5 Å². The normalized spacial score (nSPS) is 9.93. The molecule has 0 spiro atoms. The van der Waals surface area contributed by atoms with E-state index in [2.05, 4.69) is 5.32 Å². The summed E-state index contributed by atoms with van der Waals surface area (Å²) in [4.78, 5) is 21.3. The van der Waals surface area contributed by atoms with Gasteiger partial charge >= 0.3 is 5.97 Å². The fourth-order valence-corrected chi connectivity index (χ4v) is 1.16. The van der Waals surface area contributed by atoms with Crippen LogP contribution in [0.25, 0.3) is 0 Å². The molecule has 0 bridgehead atoms. The van der Waals surface area contributed by atoms with E-state index in [9.17, 15) is 9.59 Å². The van der Waals surface area contributed by atoms with Gasteiger partial charge in [0.25, 0.3) is 0 Å². The highest BCUT2D eigenvalue weighted by molar-refractivity contribution is 5.75. The Morgan fingerprint density at radius 3 is 2.40 bits per heavy atom. The minimum absolute atomic E-state index is 0.00240. The molecule has 0 fully saturated rings. The van der Waals surface area contributed by atoms with Gasteiger partial charge in [0, 0.05) is 19.4 Å². The summed E-state index contributed by atoms with van der Waals surface area (Å²) in [5.74, 6) is -0.829. The minimum atomic E-state index is -0.827. The van der Waals surface area contributed by atoms with Crippen molar-refractivity contribution in [2.75, 3.05) is 13.1 Å². The maximum atomic E-state index is 11.2. The maximum absolute atomic E-state index is 11.2. The lowest BCUT2D eigenvalue weighted by Crippen LogP contribution is -2.24. The smallest absolute Gasteiger partial charge is 0.303 e. The van der Waals surface area contributed by atoms with Crippen LogP contribution in [0, 0.1) is 0 Å². The number of unbranched alkanes of at least 4 members (excludes halogenated alkanes) is 2. The molecule has 0 unspecified atom stereocenters. The lowest BCUT2D eigenvalue weighted by molar-refractivity contribution is -0.137. The maximum Gasteiger partial charge on any atom is 0.303 e. The number of hydrogen-bond donors (Lipinski definition) is 3. The second-order valence-corrected chi connectivity index (χ2v) is 3.45. The van der Waals surface area contributed by atoms with Crippen molar-refractivity contribution in [2.24, 2.45) is 5.73 Å². The topological polar surface area (TPSA) is 92.4 Å². The molecule has 88 valence electrons. The van der Waals surface area contributed by atoms with Crippen molar-refractivity contribution in [1.29, 1.82) is 0 Å². The summed E-state index contributed by atoms with van der Waals surface area (Å²) in [5, 5.41) is 11.0. The summed E-state index contributed by atoms with van der Waals surface area (Å²) in [7, 11) is 0. The Kier molecular flexibility index (Phi) is 8.76. The zero-order chi connectivity index (χ0) is 11.5. The monoisotopic (exact) mass is 216 g/mol. The fourth-order valence-electron chi connectivity index (χ4n) is 1.16. The zero-order valence-corrected chi connectivity index (χ0v) is 9.00. The zero-order valence-electron chi connectivity index (χ0n) is 9.00. The number of aliphatic carboxylic acids is 1. The Morgan fingerprint density at radius 1 is 1.07 bits per heavy atom. The largest absolute Gasteiger partial charge is 0.481 e. The SMILES string of the molecule is NCCCCCC(=O)NCCCC(=O)O. The van der Waals surface area contributed by atoms with Gasteiger partial charge < -0.3 is 16.2 Å². The lowest BCUT2D eigenvalue weighted by Gasteiger charge is -2.03. The van der Waals surface area contributed by atoms with E-state index in [0.717, 1.165) is 19.3 Å². The molecule has 0 aromatic heterocycles. The second-order valence-electron chi connectivity index (χ2n) is 3.45. The summed E-state index contributed by atoms with van der Waals surface area (Å²) in [6.07, 6.45) is 3.87. The molecule has 15 heavy (non-hydrogen) atoms. The molecule has 0 rings (SSSR count). The van der Waals surface area contributed by atoms with Crippen molar-refractivity contribution in [1.82, 2.24) is 5.32 Å². The highest BCUT2D eigenvalue weighted by Crippen LogP contribution is 1.98. The number of carboxylic acids is 1. The van der Waals surface area contributed by atoms with Gasteiger partial charge in [0.1, 0.15) is 0 Å². The fraction of sp³-hybridized carbons (Fsp3) is 0.800. The molecule has 1 amide bonds. The predicted octanol–water partition coefficient (Wildman–Crippen LogP) is 0.487. The van der Waals surface area contributed by atoms with Crippen molar-refractivity contribution in [3.63, 3.8) is 0 Å². The summed E-state index contributed by atoms with van der Waals surface area (Å²) in [6, 6.07) is 0. The van der Waals surface area contributed by atoms with E-state index in [1.807, 2.05) is 0 Å². The van der Waals surface area contributed by atoms with Crippen molar-refractivity contribution >= 4 is 11.9 Å². The number of rotatable bonds is 9. The summed E-state index contributed by atoms with van der Waals surface area (Å²) in [5.41, 5.74) is 5.32. The van der Waals surface area contributed by atoms with Crippen LogP contribution in [-0.2, 0) is 9.59 Å². The van der Waals surface area contributed by atoms with Crippen LogP contribution in [0.3, 0.4) is 0 Å². The van der Waals surface area contributed by atoms with Gasteiger partial charge in [-0.15, -0.1) is 0 Å². The van der Waals surface area contributed by atoms with E-state index in [4.69, 9.17) is 10.8 Å². The van der Waals surface area contributed by atoms with Crippen LogP contribution in [0.1, 0.15) is 38.5 Å². The number of nitrogens with one attached hydrogen (secondary N) is 1. The third kappa shape index (κ3) is 10.8. The third-order valence-corrected chi connectivity index (χ3v) is 2.00. The Bertz CT molecular complexity index is 195. The number of hydrogen-bond acceptors (Lipinski definition) is 3. The van der Waals surface area contributed by atoms with Crippen molar-refractivity contribution < 1.29 is 14.7 Å². The van der Waals surface area contributed by atoms with Gasteiger partial charge in [-0.3, -0.25) is 9.59 Å². The molecule has 0 aliphatic heterocycles. The Morgan fingerprint density at radius 2 is 1.80 bits per heavy atom. The molecule has 5 heteroatoms. The van der Waals surface area contributed by atoms with Gasteiger partial charge in [-0.2, -0.15) is 0 Å². The number of carbonyl (C=O) groups is 2. The number of carbonyl (C=O) groups excluding carboxylic acids is 1. The number of nitrogens with two attached hydrogens (primary N) is 1. The molecule has 0 radical (unpaired) electrons. The van der Waals surface area contributed by atoms with E-state index < -0.39 is 5.97 Å². The highest BCUT2D eigenvalue weighted by Gasteiger charge is 2.01. The first-order chi connectivity index (χ1) is 7.16. The summed E-state index contributed by atoms with van der Waals surface area (Å²) >= 11 is 0. The quantitative estimate of drug-likeness (QED) is 0.489. The number of carboxylic acid groups (broad SMARTS) is 1. The van der Waals surface area contributed by atoms with Gasteiger partial charge in [0.2, 0.25) is 5.91 Å². The van der Waals surface area contributed by atoms with Crippen LogP contribution in [0.15, 0.2) is 0 Å². The second kappa shape index (κ2) is 9.45. The van der Waals surface area contributed by atoms with Crippen LogP contribution >= 0.6 is 0 Å². The molecule has 4 N–H and O–H groups in total. The molecular formula is C10H20N2O3. The van der Waals surface area contributed by atoms with Gasteiger partial charge in [-0.1, -0.05) is 6.42 Å². The average Bonchev–Trinajstić information content (AvgIpc) is 2.19. The third-order valence-electron chi connectivity index (χ3n) is 2.00. The molecule has 0 aromatic rings. The highest BCUT2D eigenvalue weighted by atomic mass is 16.4. The molecule has 0 heterocycles. The Balaban J connectivity index is 3.22. The molecule has 0 aliphatic rings. The molecular weight excluding hydrogens is 196 g/mol. The first-order valence-electron chi connectivity index (χ1n) is 5.35. The Labute approximate surface area is 90.0 Å². The summed E-state index contributed by atoms with van der Waals surface area (Å²) in [6.45, 7) is 1.11. The lowest BCUT2D eigenvalue weighted by atomic mass is 10.2. The minimum Gasteiger partial charge on any atom is -0.481 e. The Hall–Kier alpha value is -1.10. The number of amides is 1. The van der Waals surface area contributed by atoms with E-state index in [-0.39, 0.29) is 12.3 Å². The van der Waals surface area contributed by atoms with E-state index in [1.54, 1.807) is 0 Å². The van der Waals surface area contributed by atoms with E-state index >= 15 is 0 Å². The van der Waals surface area contributed by atoms with Crippen LogP contribution in [0.4, 0.5) is 0 Å². The van der Waals surface area contributed by atoms with Crippen LogP contribution in [-0.4, -0.2) is 30.1 Å². The molecule has 0 aliphatic carbocycles. The standard InChI is InChI=1S/C10H20N2O3/c11-7-3-1-2-5-9(13)12-8-4-6-10(14)15/h1-8,11H2,(H,12,13)(H,14,15). The molecule has 5 nitrogen and oxygen atoms in total. The molecule has 0 atom stereocenters. The van der Waals surface area contributed by atoms with Crippen LogP contribution in [0.5, 0.6) is 0 Å². The average molecular weight is 216 g/mol. The predicted molar refractivity (Wildman–Crippen MR) is 57.4 cm³/mol. The first-order valence-corrected chi connectivity index (χ1v) is 5.35.